The Morgan fingerprint density at radius 1 is 1.11 bits per heavy atom. The first-order valence-electron chi connectivity index (χ1n) is 8.20. The number of anilines is 1. The molecule has 0 spiro atoms. The minimum Gasteiger partial charge on any atom is -0.497 e. The molecule has 0 saturated heterocycles. The number of rotatable bonds is 6. The van der Waals surface area contributed by atoms with Gasteiger partial charge in [-0.3, -0.25) is 9.59 Å². The molecule has 28 heavy (non-hydrogen) atoms. The van der Waals surface area contributed by atoms with Gasteiger partial charge in [0.05, 0.1) is 12.7 Å². The van der Waals surface area contributed by atoms with E-state index >= 15 is 0 Å². The number of carbonyl (C=O) groups excluding carboxylic acids is 1. The minimum absolute atomic E-state index is 0.00866. The second-order valence-electron chi connectivity index (χ2n) is 5.76. The summed E-state index contributed by atoms with van der Waals surface area (Å²) in [5, 5.41) is 2.53. The van der Waals surface area contributed by atoms with Crippen LogP contribution >= 0.6 is 0 Å². The lowest BCUT2D eigenvalue weighted by atomic mass is 10.1. The number of methoxy groups -OCH3 is 1. The Labute approximate surface area is 158 Å². The van der Waals surface area contributed by atoms with E-state index in [1.165, 1.54) is 55.8 Å². The number of amides is 1. The minimum atomic E-state index is -0.789. The highest BCUT2D eigenvalue weighted by atomic mass is 19.1. The summed E-state index contributed by atoms with van der Waals surface area (Å²) in [6.07, 6.45) is 1.38. The number of aromatic nitrogens is 1. The molecule has 1 heterocycles. The number of H-pyrrole nitrogens is 1. The maximum absolute atomic E-state index is 14.2. The third kappa shape index (κ3) is 4.35. The van der Waals surface area contributed by atoms with Gasteiger partial charge in [0, 0.05) is 24.0 Å². The van der Waals surface area contributed by atoms with Crippen LogP contribution in [0.4, 0.5) is 14.5 Å². The molecule has 3 rings (SSSR count). The van der Waals surface area contributed by atoms with Crippen molar-refractivity contribution in [3.05, 3.63) is 82.0 Å². The molecule has 3 aromatic rings. The van der Waals surface area contributed by atoms with Gasteiger partial charge in [-0.1, -0.05) is 6.07 Å². The summed E-state index contributed by atoms with van der Waals surface area (Å²) in [5.74, 6) is -1.10. The lowest BCUT2D eigenvalue weighted by Gasteiger charge is -2.13. The van der Waals surface area contributed by atoms with E-state index in [-0.39, 0.29) is 28.3 Å². The number of nitrogens with one attached hydrogen (secondary N) is 2. The maximum Gasteiger partial charge on any atom is 0.259 e. The van der Waals surface area contributed by atoms with E-state index in [2.05, 4.69) is 10.3 Å². The van der Waals surface area contributed by atoms with Gasteiger partial charge in [0.15, 0.2) is 11.6 Å². The van der Waals surface area contributed by atoms with Crippen LogP contribution in [0.2, 0.25) is 0 Å². The second-order valence-corrected chi connectivity index (χ2v) is 5.76. The topological polar surface area (TPSA) is 80.4 Å². The van der Waals surface area contributed by atoms with Crippen LogP contribution in [0.15, 0.2) is 59.5 Å². The quantitative estimate of drug-likeness (QED) is 0.670. The van der Waals surface area contributed by atoms with E-state index in [1.807, 2.05) is 0 Å². The average Bonchev–Trinajstić information content (AvgIpc) is 2.69. The molecule has 0 saturated carbocycles. The first-order valence-corrected chi connectivity index (χ1v) is 8.20. The molecule has 2 N–H and O–H groups in total. The van der Waals surface area contributed by atoms with Crippen LogP contribution in [0.1, 0.15) is 15.9 Å². The molecule has 0 radical (unpaired) electrons. The first-order chi connectivity index (χ1) is 13.5. The van der Waals surface area contributed by atoms with Crippen molar-refractivity contribution < 1.29 is 23.0 Å². The summed E-state index contributed by atoms with van der Waals surface area (Å²) in [6, 6.07) is 10.8. The molecule has 1 amide bonds. The molecule has 0 bridgehead atoms. The van der Waals surface area contributed by atoms with Gasteiger partial charge >= 0.3 is 0 Å². The van der Waals surface area contributed by atoms with Crippen LogP contribution in [0.25, 0.3) is 0 Å². The standard InChI is InChI=1S/C20H16F2N2O4/c1-27-14-3-5-18(16(22)10-14)28-17-4-2-12(11-21)8-15(17)20(26)24-13-6-7-23-19(25)9-13/h2-10H,11H2,1H3,(H2,23,24,25,26). The van der Waals surface area contributed by atoms with E-state index < -0.39 is 24.0 Å². The molecule has 0 aliphatic heterocycles. The Morgan fingerprint density at radius 2 is 1.89 bits per heavy atom. The van der Waals surface area contributed by atoms with Crippen molar-refractivity contribution in [1.29, 1.82) is 0 Å². The summed E-state index contributed by atoms with van der Waals surface area (Å²) in [6.45, 7) is -0.789. The molecule has 0 aliphatic rings. The Balaban J connectivity index is 1.93. The first kappa shape index (κ1) is 19.1. The molecule has 0 atom stereocenters. The fourth-order valence-electron chi connectivity index (χ4n) is 2.46. The number of hydrogen-bond acceptors (Lipinski definition) is 4. The van der Waals surface area contributed by atoms with Crippen molar-refractivity contribution >= 4 is 11.6 Å². The second kappa shape index (κ2) is 8.34. The van der Waals surface area contributed by atoms with Crippen molar-refractivity contribution in [3.8, 4) is 17.2 Å². The highest BCUT2D eigenvalue weighted by Crippen LogP contribution is 2.31. The van der Waals surface area contributed by atoms with Gasteiger partial charge in [-0.15, -0.1) is 0 Å². The zero-order valence-corrected chi connectivity index (χ0v) is 14.8. The molecule has 0 unspecified atom stereocenters. The van der Waals surface area contributed by atoms with Crippen LogP contribution in [0.5, 0.6) is 17.2 Å². The van der Waals surface area contributed by atoms with E-state index in [1.54, 1.807) is 0 Å². The van der Waals surface area contributed by atoms with E-state index in [4.69, 9.17) is 9.47 Å². The molecule has 6 nitrogen and oxygen atoms in total. The monoisotopic (exact) mass is 386 g/mol. The largest absolute Gasteiger partial charge is 0.497 e. The Morgan fingerprint density at radius 3 is 2.57 bits per heavy atom. The van der Waals surface area contributed by atoms with Gasteiger partial charge in [-0.05, 0) is 35.9 Å². The molecular weight excluding hydrogens is 370 g/mol. The number of alkyl halides is 1. The summed E-state index contributed by atoms with van der Waals surface area (Å²) in [5.41, 5.74) is 0.0947. The predicted molar refractivity (Wildman–Crippen MR) is 99.3 cm³/mol. The molecular formula is C20H16F2N2O4. The summed E-state index contributed by atoms with van der Waals surface area (Å²) in [7, 11) is 1.40. The van der Waals surface area contributed by atoms with Crippen LogP contribution in [0, 0.1) is 5.82 Å². The Hall–Kier alpha value is -3.68. The highest BCUT2D eigenvalue weighted by Gasteiger charge is 2.17. The molecule has 0 fully saturated rings. The lowest BCUT2D eigenvalue weighted by Crippen LogP contribution is -2.15. The molecule has 1 aromatic heterocycles. The summed E-state index contributed by atoms with van der Waals surface area (Å²) in [4.78, 5) is 26.5. The van der Waals surface area contributed by atoms with Crippen molar-refractivity contribution in [1.82, 2.24) is 4.98 Å². The van der Waals surface area contributed by atoms with Gasteiger partial charge < -0.3 is 19.8 Å². The van der Waals surface area contributed by atoms with Crippen molar-refractivity contribution in [3.63, 3.8) is 0 Å². The number of benzene rings is 2. The van der Waals surface area contributed by atoms with Gasteiger partial charge in [0.25, 0.3) is 5.91 Å². The lowest BCUT2D eigenvalue weighted by molar-refractivity contribution is 0.102. The summed E-state index contributed by atoms with van der Waals surface area (Å²) >= 11 is 0. The fourth-order valence-corrected chi connectivity index (χ4v) is 2.46. The Bertz CT molecular complexity index is 1070. The van der Waals surface area contributed by atoms with Crippen molar-refractivity contribution in [2.75, 3.05) is 12.4 Å². The third-order valence-corrected chi connectivity index (χ3v) is 3.83. The van der Waals surface area contributed by atoms with Crippen LogP contribution in [0.3, 0.4) is 0 Å². The number of halogens is 2. The van der Waals surface area contributed by atoms with Crippen LogP contribution in [-0.2, 0) is 6.67 Å². The predicted octanol–water partition coefficient (Wildman–Crippen LogP) is 4.04. The zero-order valence-electron chi connectivity index (χ0n) is 14.8. The van der Waals surface area contributed by atoms with Crippen molar-refractivity contribution in [2.24, 2.45) is 0 Å². The highest BCUT2D eigenvalue weighted by molar-refractivity contribution is 6.06. The van der Waals surface area contributed by atoms with Crippen LogP contribution in [-0.4, -0.2) is 18.0 Å². The molecule has 8 heteroatoms. The van der Waals surface area contributed by atoms with Crippen molar-refractivity contribution in [2.45, 2.75) is 6.67 Å². The normalized spacial score (nSPS) is 10.4. The smallest absolute Gasteiger partial charge is 0.259 e. The Kier molecular flexibility index (Phi) is 5.69. The van der Waals surface area contributed by atoms with E-state index in [0.717, 1.165) is 6.07 Å². The van der Waals surface area contributed by atoms with Gasteiger partial charge in [0.2, 0.25) is 5.56 Å². The number of aromatic amines is 1. The maximum atomic E-state index is 14.2. The molecule has 144 valence electrons. The number of carbonyl (C=O) groups is 1. The van der Waals surface area contributed by atoms with Gasteiger partial charge in [0.1, 0.15) is 18.2 Å². The summed E-state index contributed by atoms with van der Waals surface area (Å²) < 4.78 is 37.7. The zero-order chi connectivity index (χ0) is 20.1. The fraction of sp³-hybridized carbons (Fsp3) is 0.100. The van der Waals surface area contributed by atoms with Crippen LogP contribution < -0.4 is 20.3 Å². The SMILES string of the molecule is COc1ccc(Oc2ccc(CF)cc2C(=O)Nc2cc[nH]c(=O)c2)c(F)c1. The third-order valence-electron chi connectivity index (χ3n) is 3.83. The number of hydrogen-bond donors (Lipinski definition) is 2. The molecule has 2 aromatic carbocycles. The molecule has 0 aliphatic carbocycles. The van der Waals surface area contributed by atoms with E-state index in [9.17, 15) is 18.4 Å². The van der Waals surface area contributed by atoms with E-state index in [0.29, 0.717) is 5.75 Å². The number of ether oxygens (including phenoxy) is 2. The average molecular weight is 386 g/mol. The number of pyridine rings is 1. The van der Waals surface area contributed by atoms with Gasteiger partial charge in [-0.25, -0.2) is 8.78 Å². The van der Waals surface area contributed by atoms with Gasteiger partial charge in [-0.2, -0.15) is 0 Å².